The van der Waals surface area contributed by atoms with Crippen LogP contribution in [0, 0.1) is 5.82 Å². The molecule has 0 unspecified atom stereocenters. The van der Waals surface area contributed by atoms with E-state index in [1.54, 1.807) is 6.20 Å². The molecule has 0 fully saturated rings. The number of hydrogen-bond acceptors (Lipinski definition) is 3. The second-order valence-electron chi connectivity index (χ2n) is 3.83. The van der Waals surface area contributed by atoms with Crippen LogP contribution in [0.5, 0.6) is 0 Å². The molecule has 0 bridgehead atoms. The third-order valence-electron chi connectivity index (χ3n) is 2.59. The van der Waals surface area contributed by atoms with Gasteiger partial charge >= 0.3 is 0 Å². The molecule has 0 radical (unpaired) electrons. The van der Waals surface area contributed by atoms with Gasteiger partial charge in [0.05, 0.1) is 5.52 Å². The first-order valence-corrected chi connectivity index (χ1v) is 5.46. The summed E-state index contributed by atoms with van der Waals surface area (Å²) in [5.74, 6) is -0.328. The molecule has 1 heterocycles. The summed E-state index contributed by atoms with van der Waals surface area (Å²) in [6, 6.07) is 3.34. The zero-order valence-electron chi connectivity index (χ0n) is 9.87. The van der Waals surface area contributed by atoms with Gasteiger partial charge in [-0.15, -0.1) is 0 Å². The van der Waals surface area contributed by atoms with E-state index in [1.165, 1.54) is 12.3 Å². The molecule has 0 aliphatic carbocycles. The van der Waals surface area contributed by atoms with Gasteiger partial charge in [0.15, 0.2) is 5.82 Å². The van der Waals surface area contributed by atoms with Gasteiger partial charge in [0, 0.05) is 24.6 Å². The van der Waals surface area contributed by atoms with Crippen molar-refractivity contribution in [1.82, 2.24) is 15.3 Å². The molecule has 1 aromatic carbocycles. The number of aromatic nitrogens is 2. The van der Waals surface area contributed by atoms with Crippen LogP contribution in [0.4, 0.5) is 4.39 Å². The number of allylic oxidation sites excluding steroid dienone is 2. The Hall–Kier alpha value is -1.97. The first-order valence-electron chi connectivity index (χ1n) is 5.46. The molecule has 1 N–H and O–H groups in total. The number of halogens is 1. The highest BCUT2D eigenvalue weighted by atomic mass is 19.1. The zero-order chi connectivity index (χ0) is 12.3. The molecule has 0 saturated carbocycles. The number of fused-ring (bicyclic) bond motifs is 1. The second kappa shape index (κ2) is 4.91. The third-order valence-corrected chi connectivity index (χ3v) is 2.59. The van der Waals surface area contributed by atoms with Gasteiger partial charge in [-0.3, -0.25) is 4.98 Å². The van der Waals surface area contributed by atoms with Crippen LogP contribution in [0.25, 0.3) is 11.0 Å². The number of nitrogens with one attached hydrogen (secondary N) is 1. The quantitative estimate of drug-likeness (QED) is 0.882. The molecule has 0 amide bonds. The predicted molar refractivity (Wildman–Crippen MR) is 65.8 cm³/mol. The molecule has 0 atom stereocenters. The largest absolute Gasteiger partial charge is 0.385 e. The number of rotatable bonds is 3. The summed E-state index contributed by atoms with van der Waals surface area (Å²) in [7, 11) is 0. The molecular weight excluding hydrogens is 217 g/mol. The minimum absolute atomic E-state index is 0.319. The Morgan fingerprint density at radius 1 is 1.35 bits per heavy atom. The normalized spacial score (nSPS) is 11.8. The van der Waals surface area contributed by atoms with Crippen LogP contribution < -0.4 is 5.32 Å². The Morgan fingerprint density at radius 2 is 2.12 bits per heavy atom. The average molecular weight is 231 g/mol. The van der Waals surface area contributed by atoms with Crippen LogP contribution in [0.1, 0.15) is 19.4 Å². The van der Waals surface area contributed by atoms with Gasteiger partial charge in [0.25, 0.3) is 0 Å². The lowest BCUT2D eigenvalue weighted by atomic mass is 10.2. The van der Waals surface area contributed by atoms with E-state index in [0.29, 0.717) is 17.6 Å². The SMILES string of the molecule is C/C=C(\C)NCc1cc(F)c2nccnc2c1. The van der Waals surface area contributed by atoms with Gasteiger partial charge in [-0.05, 0) is 31.5 Å². The summed E-state index contributed by atoms with van der Waals surface area (Å²) < 4.78 is 13.7. The van der Waals surface area contributed by atoms with Crippen molar-refractivity contribution in [3.05, 3.63) is 47.7 Å². The van der Waals surface area contributed by atoms with Crippen molar-refractivity contribution in [1.29, 1.82) is 0 Å². The lowest BCUT2D eigenvalue weighted by molar-refractivity contribution is 0.632. The Labute approximate surface area is 99.4 Å². The first kappa shape index (κ1) is 11.5. The highest BCUT2D eigenvalue weighted by Crippen LogP contribution is 2.15. The Morgan fingerprint density at radius 3 is 2.88 bits per heavy atom. The maximum Gasteiger partial charge on any atom is 0.151 e. The predicted octanol–water partition coefficient (Wildman–Crippen LogP) is 2.78. The molecular formula is C13H14FN3. The highest BCUT2D eigenvalue weighted by molar-refractivity contribution is 5.75. The van der Waals surface area contributed by atoms with Crippen molar-refractivity contribution in [3.63, 3.8) is 0 Å². The Kier molecular flexibility index (Phi) is 3.32. The summed E-state index contributed by atoms with van der Waals surface area (Å²) in [6.45, 7) is 4.51. The van der Waals surface area contributed by atoms with Gasteiger partial charge in [-0.2, -0.15) is 0 Å². The molecule has 0 aliphatic heterocycles. The maximum atomic E-state index is 13.7. The van der Waals surface area contributed by atoms with E-state index in [4.69, 9.17) is 0 Å². The van der Waals surface area contributed by atoms with Crippen LogP contribution in [0.15, 0.2) is 36.3 Å². The van der Waals surface area contributed by atoms with Crippen molar-refractivity contribution < 1.29 is 4.39 Å². The van der Waals surface area contributed by atoms with Crippen LogP contribution >= 0.6 is 0 Å². The second-order valence-corrected chi connectivity index (χ2v) is 3.83. The third kappa shape index (κ3) is 2.58. The summed E-state index contributed by atoms with van der Waals surface area (Å²) in [5, 5.41) is 3.19. The molecule has 88 valence electrons. The number of nitrogens with zero attached hydrogens (tertiary/aromatic N) is 2. The molecule has 2 rings (SSSR count). The van der Waals surface area contributed by atoms with Crippen LogP contribution in [-0.4, -0.2) is 9.97 Å². The molecule has 0 aliphatic rings. The lowest BCUT2D eigenvalue weighted by Crippen LogP contribution is -2.10. The van der Waals surface area contributed by atoms with E-state index < -0.39 is 0 Å². The van der Waals surface area contributed by atoms with E-state index in [9.17, 15) is 4.39 Å². The molecule has 0 saturated heterocycles. The highest BCUT2D eigenvalue weighted by Gasteiger charge is 2.05. The summed E-state index contributed by atoms with van der Waals surface area (Å²) >= 11 is 0. The lowest BCUT2D eigenvalue weighted by Gasteiger charge is -2.07. The fourth-order valence-electron chi connectivity index (χ4n) is 1.53. The van der Waals surface area contributed by atoms with Gasteiger partial charge < -0.3 is 5.32 Å². The van der Waals surface area contributed by atoms with Gasteiger partial charge in [-0.25, -0.2) is 9.37 Å². The van der Waals surface area contributed by atoms with E-state index in [1.807, 2.05) is 26.0 Å². The van der Waals surface area contributed by atoms with Crippen molar-refractivity contribution >= 4 is 11.0 Å². The smallest absolute Gasteiger partial charge is 0.151 e. The summed E-state index contributed by atoms with van der Waals surface area (Å²) in [4.78, 5) is 8.07. The van der Waals surface area contributed by atoms with E-state index in [-0.39, 0.29) is 5.82 Å². The van der Waals surface area contributed by atoms with Crippen LogP contribution in [0.3, 0.4) is 0 Å². The van der Waals surface area contributed by atoms with Gasteiger partial charge in [0.1, 0.15) is 5.52 Å². The fourth-order valence-corrected chi connectivity index (χ4v) is 1.53. The van der Waals surface area contributed by atoms with Crippen molar-refractivity contribution in [2.75, 3.05) is 0 Å². The Bertz CT molecular complexity index is 564. The topological polar surface area (TPSA) is 37.8 Å². The first-order chi connectivity index (χ1) is 8.20. The van der Waals surface area contributed by atoms with Crippen molar-refractivity contribution in [3.8, 4) is 0 Å². The number of benzene rings is 1. The van der Waals surface area contributed by atoms with Crippen LogP contribution in [0.2, 0.25) is 0 Å². The molecule has 0 spiro atoms. The van der Waals surface area contributed by atoms with Crippen molar-refractivity contribution in [2.45, 2.75) is 20.4 Å². The monoisotopic (exact) mass is 231 g/mol. The summed E-state index contributed by atoms with van der Waals surface area (Å²) in [5.41, 5.74) is 2.82. The number of hydrogen-bond donors (Lipinski definition) is 1. The maximum absolute atomic E-state index is 13.7. The van der Waals surface area contributed by atoms with E-state index in [0.717, 1.165) is 11.3 Å². The van der Waals surface area contributed by atoms with Crippen molar-refractivity contribution in [2.24, 2.45) is 0 Å². The molecule has 17 heavy (non-hydrogen) atoms. The zero-order valence-corrected chi connectivity index (χ0v) is 9.87. The minimum atomic E-state index is -0.328. The van der Waals surface area contributed by atoms with Gasteiger partial charge in [0.2, 0.25) is 0 Å². The molecule has 3 nitrogen and oxygen atoms in total. The molecule has 4 heteroatoms. The molecule has 1 aromatic heterocycles. The van der Waals surface area contributed by atoms with E-state index >= 15 is 0 Å². The average Bonchev–Trinajstić information content (AvgIpc) is 2.36. The standard InChI is InChI=1S/C13H14FN3/c1-3-9(2)17-8-10-6-11(14)13-12(7-10)15-4-5-16-13/h3-7,17H,8H2,1-2H3/b9-3+. The minimum Gasteiger partial charge on any atom is -0.385 e. The van der Waals surface area contributed by atoms with Gasteiger partial charge in [-0.1, -0.05) is 6.08 Å². The fraction of sp³-hybridized carbons (Fsp3) is 0.231. The summed E-state index contributed by atoms with van der Waals surface area (Å²) in [6.07, 6.45) is 5.03. The van der Waals surface area contributed by atoms with Crippen LogP contribution in [-0.2, 0) is 6.54 Å². The molecule has 2 aromatic rings. The Balaban J connectivity index is 2.30. The van der Waals surface area contributed by atoms with E-state index in [2.05, 4.69) is 15.3 Å².